The molecule has 21 heavy (non-hydrogen) atoms. The van der Waals surface area contributed by atoms with Gasteiger partial charge >= 0.3 is 5.97 Å². The van der Waals surface area contributed by atoms with Gasteiger partial charge in [-0.25, -0.2) is 0 Å². The number of carboxylic acid groups (broad SMARTS) is 1. The molecule has 0 aromatic carbocycles. The molecule has 1 aliphatic carbocycles. The number of hydrogen-bond donors (Lipinski definition) is 2. The fourth-order valence-corrected chi connectivity index (χ4v) is 2.67. The monoisotopic (exact) mass is 295 g/mol. The van der Waals surface area contributed by atoms with Crippen LogP contribution in [-0.2, 0) is 15.1 Å². The van der Waals surface area contributed by atoms with E-state index < -0.39 is 17.4 Å². The van der Waals surface area contributed by atoms with Crippen LogP contribution in [0.25, 0.3) is 0 Å². The molecule has 0 saturated heterocycles. The summed E-state index contributed by atoms with van der Waals surface area (Å²) in [6.45, 7) is 5.28. The van der Waals surface area contributed by atoms with Crippen LogP contribution >= 0.6 is 0 Å². The lowest BCUT2D eigenvalue weighted by atomic mass is 9.80. The molecule has 2 atom stereocenters. The lowest BCUT2D eigenvalue weighted by molar-refractivity contribution is -0.144. The number of carboxylic acids is 1. The van der Waals surface area contributed by atoms with Crippen LogP contribution < -0.4 is 5.32 Å². The molecule has 7 nitrogen and oxygen atoms in total. The molecule has 1 aromatic heterocycles. The second-order valence-corrected chi connectivity index (χ2v) is 6.15. The average molecular weight is 295 g/mol. The molecular formula is C14H21N3O4. The van der Waals surface area contributed by atoms with E-state index >= 15 is 0 Å². The lowest BCUT2D eigenvalue weighted by Gasteiger charge is -2.29. The predicted octanol–water partition coefficient (Wildman–Crippen LogP) is 1.62. The third-order valence-corrected chi connectivity index (χ3v) is 3.92. The van der Waals surface area contributed by atoms with Crippen molar-refractivity contribution < 1.29 is 19.2 Å². The van der Waals surface area contributed by atoms with Crippen molar-refractivity contribution in [3.63, 3.8) is 0 Å². The summed E-state index contributed by atoms with van der Waals surface area (Å²) in [5, 5.41) is 15.8. The van der Waals surface area contributed by atoms with Crippen molar-refractivity contribution in [3.05, 3.63) is 11.7 Å². The first kappa shape index (κ1) is 15.5. The molecule has 1 saturated carbocycles. The van der Waals surface area contributed by atoms with Crippen LogP contribution in [0.2, 0.25) is 0 Å². The van der Waals surface area contributed by atoms with Gasteiger partial charge in [-0.15, -0.1) is 0 Å². The van der Waals surface area contributed by atoms with Crippen LogP contribution in [0.3, 0.4) is 0 Å². The zero-order valence-electron chi connectivity index (χ0n) is 12.5. The van der Waals surface area contributed by atoms with Crippen molar-refractivity contribution >= 4 is 11.9 Å². The highest BCUT2D eigenvalue weighted by molar-refractivity contribution is 5.80. The fraction of sp³-hybridized carbons (Fsp3) is 0.714. The smallest absolute Gasteiger partial charge is 0.306 e. The van der Waals surface area contributed by atoms with Crippen molar-refractivity contribution in [2.24, 2.45) is 11.8 Å². The molecule has 0 spiro atoms. The van der Waals surface area contributed by atoms with Gasteiger partial charge in [0.05, 0.1) is 11.5 Å². The highest BCUT2D eigenvalue weighted by Crippen LogP contribution is 2.30. The molecule has 2 unspecified atom stereocenters. The maximum absolute atomic E-state index is 12.4. The van der Waals surface area contributed by atoms with Crippen LogP contribution in [0.1, 0.15) is 51.2 Å². The summed E-state index contributed by atoms with van der Waals surface area (Å²) < 4.78 is 4.94. The summed E-state index contributed by atoms with van der Waals surface area (Å²) >= 11 is 0. The van der Waals surface area contributed by atoms with E-state index in [1.54, 1.807) is 20.8 Å². The molecule has 1 amide bonds. The minimum absolute atomic E-state index is 0.145. The zero-order chi connectivity index (χ0) is 15.6. The van der Waals surface area contributed by atoms with E-state index in [0.29, 0.717) is 24.6 Å². The highest BCUT2D eigenvalue weighted by Gasteiger charge is 2.35. The molecule has 1 aliphatic rings. The molecule has 7 heteroatoms. The van der Waals surface area contributed by atoms with E-state index in [0.717, 1.165) is 12.8 Å². The number of carbonyl (C=O) groups excluding carboxylic acids is 1. The summed E-state index contributed by atoms with van der Waals surface area (Å²) in [4.78, 5) is 27.6. The molecule has 2 N–H and O–H groups in total. The Bertz CT molecular complexity index is 538. The van der Waals surface area contributed by atoms with Crippen molar-refractivity contribution in [3.8, 4) is 0 Å². The minimum atomic E-state index is -0.819. The van der Waals surface area contributed by atoms with Crippen molar-refractivity contribution in [1.29, 1.82) is 0 Å². The minimum Gasteiger partial charge on any atom is -0.481 e. The number of aryl methyl sites for hydroxylation is 1. The van der Waals surface area contributed by atoms with E-state index in [-0.39, 0.29) is 11.8 Å². The Morgan fingerprint density at radius 1 is 1.33 bits per heavy atom. The Kier molecular flexibility index (Phi) is 4.29. The topological polar surface area (TPSA) is 105 Å². The second-order valence-electron chi connectivity index (χ2n) is 6.15. The van der Waals surface area contributed by atoms with Crippen molar-refractivity contribution in [1.82, 2.24) is 15.5 Å². The zero-order valence-corrected chi connectivity index (χ0v) is 12.5. The molecule has 0 bridgehead atoms. The van der Waals surface area contributed by atoms with Gasteiger partial charge in [0.25, 0.3) is 0 Å². The fourth-order valence-electron chi connectivity index (χ4n) is 2.67. The number of hydrogen-bond acceptors (Lipinski definition) is 5. The number of aromatic nitrogens is 2. The van der Waals surface area contributed by atoms with Gasteiger partial charge in [-0.2, -0.15) is 4.98 Å². The summed E-state index contributed by atoms with van der Waals surface area (Å²) in [6.07, 6.45) is 2.52. The first-order valence-electron chi connectivity index (χ1n) is 7.15. The molecule has 0 aliphatic heterocycles. The van der Waals surface area contributed by atoms with E-state index in [9.17, 15) is 9.59 Å². The van der Waals surface area contributed by atoms with Crippen LogP contribution in [0.15, 0.2) is 4.52 Å². The summed E-state index contributed by atoms with van der Waals surface area (Å²) in [6, 6.07) is 0. The van der Waals surface area contributed by atoms with Crippen LogP contribution in [0, 0.1) is 18.8 Å². The summed E-state index contributed by atoms with van der Waals surface area (Å²) in [5.74, 6) is -0.805. The number of amides is 1. The van der Waals surface area contributed by atoms with Gasteiger partial charge in [-0.3, -0.25) is 9.59 Å². The number of carbonyl (C=O) groups is 2. The van der Waals surface area contributed by atoms with Gasteiger partial charge < -0.3 is 14.9 Å². The van der Waals surface area contributed by atoms with Gasteiger partial charge in [0.2, 0.25) is 11.8 Å². The standard InChI is InChI=1S/C14H21N3O4/c1-8-15-13(17-21-8)14(2,3)16-11(18)9-5-4-6-10(7-9)12(19)20/h9-10H,4-7H2,1-3H3,(H,16,18)(H,19,20). The number of aliphatic carboxylic acids is 1. The Hall–Kier alpha value is -1.92. The Balaban J connectivity index is 2.01. The molecule has 0 radical (unpaired) electrons. The predicted molar refractivity (Wildman–Crippen MR) is 73.3 cm³/mol. The molecule has 1 aromatic rings. The third-order valence-electron chi connectivity index (χ3n) is 3.92. The van der Waals surface area contributed by atoms with Gasteiger partial charge in [0.1, 0.15) is 0 Å². The quantitative estimate of drug-likeness (QED) is 0.874. The van der Waals surface area contributed by atoms with Gasteiger partial charge in [0, 0.05) is 12.8 Å². The maximum Gasteiger partial charge on any atom is 0.306 e. The van der Waals surface area contributed by atoms with Crippen LogP contribution in [0.4, 0.5) is 0 Å². The van der Waals surface area contributed by atoms with Gasteiger partial charge in [-0.05, 0) is 33.1 Å². The van der Waals surface area contributed by atoms with Gasteiger partial charge in [-0.1, -0.05) is 11.6 Å². The molecule has 1 fully saturated rings. The molecular weight excluding hydrogens is 274 g/mol. The third kappa shape index (κ3) is 3.59. The Morgan fingerprint density at radius 3 is 2.57 bits per heavy atom. The Morgan fingerprint density at radius 2 is 2.00 bits per heavy atom. The second kappa shape index (κ2) is 5.83. The van der Waals surface area contributed by atoms with E-state index in [2.05, 4.69) is 15.5 Å². The van der Waals surface area contributed by atoms with Crippen LogP contribution in [0.5, 0.6) is 0 Å². The SMILES string of the molecule is Cc1nc(C(C)(C)NC(=O)C2CCCC(C(=O)O)C2)no1. The lowest BCUT2D eigenvalue weighted by Crippen LogP contribution is -2.46. The Labute approximate surface area is 123 Å². The summed E-state index contributed by atoms with van der Waals surface area (Å²) in [7, 11) is 0. The number of nitrogens with zero attached hydrogens (tertiary/aromatic N) is 2. The number of nitrogens with one attached hydrogen (secondary N) is 1. The molecule has 1 heterocycles. The van der Waals surface area contributed by atoms with Crippen LogP contribution in [-0.4, -0.2) is 27.1 Å². The van der Waals surface area contributed by atoms with Crippen molar-refractivity contribution in [2.75, 3.05) is 0 Å². The first-order valence-corrected chi connectivity index (χ1v) is 7.15. The van der Waals surface area contributed by atoms with E-state index in [1.807, 2.05) is 0 Å². The first-order chi connectivity index (χ1) is 9.79. The molecule has 116 valence electrons. The normalized spacial score (nSPS) is 22.8. The van der Waals surface area contributed by atoms with Crippen molar-refractivity contribution in [2.45, 2.75) is 52.0 Å². The van der Waals surface area contributed by atoms with E-state index in [4.69, 9.17) is 9.63 Å². The van der Waals surface area contributed by atoms with E-state index in [1.165, 1.54) is 0 Å². The largest absolute Gasteiger partial charge is 0.481 e. The average Bonchev–Trinajstić information content (AvgIpc) is 2.86. The molecule has 2 rings (SSSR count). The highest BCUT2D eigenvalue weighted by atomic mass is 16.5. The number of rotatable bonds is 4. The van der Waals surface area contributed by atoms with Gasteiger partial charge in [0.15, 0.2) is 5.82 Å². The maximum atomic E-state index is 12.4. The summed E-state index contributed by atoms with van der Waals surface area (Å²) in [5.41, 5.74) is -0.745.